The van der Waals surface area contributed by atoms with Gasteiger partial charge in [0, 0.05) is 31.7 Å². The Bertz CT molecular complexity index is 1350. The van der Waals surface area contributed by atoms with Crippen LogP contribution >= 0.6 is 0 Å². The van der Waals surface area contributed by atoms with Crippen LogP contribution in [-0.2, 0) is 10.0 Å². The second-order valence-corrected chi connectivity index (χ2v) is 9.98. The van der Waals surface area contributed by atoms with Gasteiger partial charge in [-0.1, -0.05) is 60.2 Å². The maximum absolute atomic E-state index is 13.2. The molecule has 1 fully saturated rings. The van der Waals surface area contributed by atoms with E-state index >= 15 is 0 Å². The highest BCUT2D eigenvalue weighted by Gasteiger charge is 2.29. The van der Waals surface area contributed by atoms with Crippen molar-refractivity contribution in [3.8, 4) is 11.3 Å². The Balaban J connectivity index is 1.28. The molecule has 1 aliphatic heterocycles. The van der Waals surface area contributed by atoms with Gasteiger partial charge in [-0.15, -0.1) is 10.2 Å². The molecule has 4 aromatic rings. The summed E-state index contributed by atoms with van der Waals surface area (Å²) in [4.78, 5) is 2.42. The summed E-state index contributed by atoms with van der Waals surface area (Å²) >= 11 is 0. The van der Waals surface area contributed by atoms with Crippen molar-refractivity contribution in [3.63, 3.8) is 0 Å². The molecule has 0 atom stereocenters. The van der Waals surface area contributed by atoms with Crippen molar-refractivity contribution in [2.24, 2.45) is 0 Å². The van der Waals surface area contributed by atoms with Crippen molar-refractivity contribution in [2.45, 2.75) is 11.8 Å². The third kappa shape index (κ3) is 3.97. The number of anilines is 1. The van der Waals surface area contributed by atoms with E-state index in [2.05, 4.69) is 34.2 Å². The van der Waals surface area contributed by atoms with Gasteiger partial charge in [0.25, 0.3) is 0 Å². The molecule has 7 heteroatoms. The zero-order valence-corrected chi connectivity index (χ0v) is 18.7. The molecular formula is C25H24N4O2S. The fourth-order valence-electron chi connectivity index (χ4n) is 4.01. The molecule has 162 valence electrons. The van der Waals surface area contributed by atoms with Crippen molar-refractivity contribution in [2.75, 3.05) is 31.1 Å². The number of piperazine rings is 1. The molecule has 0 spiro atoms. The van der Waals surface area contributed by atoms with Gasteiger partial charge in [-0.25, -0.2) is 8.42 Å². The van der Waals surface area contributed by atoms with Crippen LogP contribution in [-0.4, -0.2) is 49.1 Å². The Morgan fingerprint density at radius 1 is 0.750 bits per heavy atom. The minimum absolute atomic E-state index is 0.340. The minimum atomic E-state index is -3.53. The minimum Gasteiger partial charge on any atom is -0.352 e. The number of aromatic nitrogens is 2. The number of fused-ring (bicyclic) bond motifs is 1. The molecule has 5 rings (SSSR count). The van der Waals surface area contributed by atoms with Gasteiger partial charge in [-0.05, 0) is 42.0 Å². The molecule has 1 aliphatic rings. The van der Waals surface area contributed by atoms with Crippen LogP contribution in [0.25, 0.3) is 22.0 Å². The molecule has 0 N–H and O–H groups in total. The summed E-state index contributed by atoms with van der Waals surface area (Å²) in [6.45, 7) is 4.03. The highest BCUT2D eigenvalue weighted by molar-refractivity contribution is 7.89. The molecule has 0 saturated carbocycles. The van der Waals surface area contributed by atoms with Crippen LogP contribution in [0.15, 0.2) is 83.8 Å². The quantitative estimate of drug-likeness (QED) is 0.474. The van der Waals surface area contributed by atoms with Crippen molar-refractivity contribution in [1.82, 2.24) is 14.5 Å². The fraction of sp³-hybridized carbons (Fsp3) is 0.200. The fourth-order valence-corrected chi connectivity index (χ4v) is 5.46. The van der Waals surface area contributed by atoms with E-state index in [1.807, 2.05) is 54.6 Å². The molecule has 2 heterocycles. The Morgan fingerprint density at radius 3 is 2.16 bits per heavy atom. The van der Waals surface area contributed by atoms with Crippen LogP contribution in [0.5, 0.6) is 0 Å². The predicted octanol–water partition coefficient (Wildman–Crippen LogP) is 4.12. The summed E-state index contributed by atoms with van der Waals surface area (Å²) in [5.41, 5.74) is 3.06. The van der Waals surface area contributed by atoms with Crippen LogP contribution in [0.1, 0.15) is 5.56 Å². The Morgan fingerprint density at radius 2 is 1.47 bits per heavy atom. The SMILES string of the molecule is Cc1ccc(-c2ccc(N3CCN(S(=O)(=O)c4ccc5ccccc5c4)CC3)nn2)cc1. The first-order valence-electron chi connectivity index (χ1n) is 10.7. The average molecular weight is 445 g/mol. The normalized spacial score (nSPS) is 15.2. The zero-order chi connectivity index (χ0) is 22.1. The summed E-state index contributed by atoms with van der Waals surface area (Å²) < 4.78 is 27.9. The number of hydrogen-bond donors (Lipinski definition) is 0. The maximum Gasteiger partial charge on any atom is 0.243 e. The molecule has 0 unspecified atom stereocenters. The molecule has 0 amide bonds. The van der Waals surface area contributed by atoms with Crippen LogP contribution in [0, 0.1) is 6.92 Å². The van der Waals surface area contributed by atoms with Crippen LogP contribution in [0.4, 0.5) is 5.82 Å². The zero-order valence-electron chi connectivity index (χ0n) is 17.8. The standard InChI is InChI=1S/C25H24N4O2S/c1-19-6-8-21(9-7-19)24-12-13-25(27-26-24)28-14-16-29(17-15-28)32(30,31)23-11-10-20-4-2-3-5-22(20)18-23/h2-13,18H,14-17H2,1H3. The number of rotatable bonds is 4. The first kappa shape index (κ1) is 20.6. The van der Waals surface area contributed by atoms with E-state index in [1.165, 1.54) is 5.56 Å². The predicted molar refractivity (Wildman–Crippen MR) is 127 cm³/mol. The van der Waals surface area contributed by atoms with Crippen LogP contribution in [0.3, 0.4) is 0 Å². The van der Waals surface area contributed by atoms with Crippen LogP contribution < -0.4 is 4.90 Å². The summed E-state index contributed by atoms with van der Waals surface area (Å²) in [6, 6.07) is 25.2. The average Bonchev–Trinajstić information content (AvgIpc) is 2.84. The van der Waals surface area contributed by atoms with E-state index in [9.17, 15) is 8.42 Å². The molecule has 1 aromatic heterocycles. The molecule has 0 radical (unpaired) electrons. The summed E-state index contributed by atoms with van der Waals surface area (Å²) in [6.07, 6.45) is 0. The largest absolute Gasteiger partial charge is 0.352 e. The Hall–Kier alpha value is -3.29. The molecule has 0 bridgehead atoms. The van der Waals surface area contributed by atoms with Gasteiger partial charge in [0.2, 0.25) is 10.0 Å². The monoisotopic (exact) mass is 444 g/mol. The highest BCUT2D eigenvalue weighted by atomic mass is 32.2. The Kier molecular flexibility index (Phi) is 5.36. The Labute approximate surface area is 188 Å². The number of nitrogens with zero attached hydrogens (tertiary/aromatic N) is 4. The molecule has 0 aliphatic carbocycles. The van der Waals surface area contributed by atoms with E-state index in [0.717, 1.165) is 27.8 Å². The van der Waals surface area contributed by atoms with Gasteiger partial charge in [-0.3, -0.25) is 0 Å². The van der Waals surface area contributed by atoms with E-state index < -0.39 is 10.0 Å². The number of hydrogen-bond acceptors (Lipinski definition) is 5. The van der Waals surface area contributed by atoms with E-state index in [0.29, 0.717) is 31.1 Å². The summed E-state index contributed by atoms with van der Waals surface area (Å²) in [5.74, 6) is 0.767. The van der Waals surface area contributed by atoms with Crippen LogP contribution in [0.2, 0.25) is 0 Å². The van der Waals surface area contributed by atoms with Gasteiger partial charge in [0.1, 0.15) is 0 Å². The first-order chi connectivity index (χ1) is 15.5. The lowest BCUT2D eigenvalue weighted by atomic mass is 10.1. The lowest BCUT2D eigenvalue weighted by Gasteiger charge is -2.34. The van der Waals surface area contributed by atoms with Gasteiger partial charge >= 0.3 is 0 Å². The summed E-state index contributed by atoms with van der Waals surface area (Å²) in [5, 5.41) is 10.7. The number of aryl methyl sites for hydroxylation is 1. The van der Waals surface area contributed by atoms with Crippen molar-refractivity contribution in [3.05, 3.63) is 84.4 Å². The molecular weight excluding hydrogens is 420 g/mol. The smallest absolute Gasteiger partial charge is 0.243 e. The lowest BCUT2D eigenvalue weighted by molar-refractivity contribution is 0.383. The second kappa shape index (κ2) is 8.33. The van der Waals surface area contributed by atoms with Crippen molar-refractivity contribution >= 4 is 26.6 Å². The molecule has 32 heavy (non-hydrogen) atoms. The number of benzene rings is 3. The first-order valence-corrected chi connectivity index (χ1v) is 12.1. The third-order valence-corrected chi connectivity index (χ3v) is 7.81. The van der Waals surface area contributed by atoms with E-state index in [-0.39, 0.29) is 0 Å². The molecule has 3 aromatic carbocycles. The number of sulfonamides is 1. The van der Waals surface area contributed by atoms with Gasteiger partial charge in [-0.2, -0.15) is 4.31 Å². The van der Waals surface area contributed by atoms with Gasteiger partial charge in [0.05, 0.1) is 10.6 Å². The lowest BCUT2D eigenvalue weighted by Crippen LogP contribution is -2.49. The molecule has 1 saturated heterocycles. The van der Waals surface area contributed by atoms with Gasteiger partial charge in [0.15, 0.2) is 5.82 Å². The molecule has 6 nitrogen and oxygen atoms in total. The summed E-state index contributed by atoms with van der Waals surface area (Å²) in [7, 11) is -3.53. The van der Waals surface area contributed by atoms with Gasteiger partial charge < -0.3 is 4.90 Å². The maximum atomic E-state index is 13.2. The van der Waals surface area contributed by atoms with Crippen molar-refractivity contribution in [1.29, 1.82) is 0 Å². The highest BCUT2D eigenvalue weighted by Crippen LogP contribution is 2.24. The second-order valence-electron chi connectivity index (χ2n) is 8.04. The topological polar surface area (TPSA) is 66.4 Å². The van der Waals surface area contributed by atoms with E-state index in [4.69, 9.17) is 0 Å². The van der Waals surface area contributed by atoms with E-state index in [1.54, 1.807) is 16.4 Å². The third-order valence-electron chi connectivity index (χ3n) is 5.92. The van der Waals surface area contributed by atoms with Crippen molar-refractivity contribution < 1.29 is 8.42 Å².